The number of rotatable bonds is 6. The third kappa shape index (κ3) is 5.21. The van der Waals surface area contributed by atoms with Gasteiger partial charge < -0.3 is 15.4 Å². The van der Waals surface area contributed by atoms with E-state index in [1.165, 1.54) is 6.42 Å². The molecular weight excluding hydrogens is 316 g/mol. The molecule has 0 spiro atoms. The van der Waals surface area contributed by atoms with E-state index >= 15 is 0 Å². The Morgan fingerprint density at radius 2 is 1.76 bits per heavy atom. The highest BCUT2D eigenvalue weighted by atomic mass is 16.5. The largest absolute Gasteiger partial charge is 0.497 e. The van der Waals surface area contributed by atoms with Gasteiger partial charge >= 0.3 is 0 Å². The molecule has 0 bridgehead atoms. The average Bonchev–Trinajstić information content (AvgIpc) is 2.60. The highest BCUT2D eigenvalue weighted by Gasteiger charge is 2.31. The SMILES string of the molecule is COc1ccc(NC(=O)[C@H](NC(=O)[C@H]2CCCC[C@@H]2C)C(C)C)cc1. The summed E-state index contributed by atoms with van der Waals surface area (Å²) in [5.41, 5.74) is 0.691. The van der Waals surface area contributed by atoms with Crippen molar-refractivity contribution in [3.8, 4) is 5.75 Å². The highest BCUT2D eigenvalue weighted by Crippen LogP contribution is 2.30. The summed E-state index contributed by atoms with van der Waals surface area (Å²) in [6, 6.07) is 6.63. The van der Waals surface area contributed by atoms with Gasteiger partial charge in [-0.3, -0.25) is 9.59 Å². The van der Waals surface area contributed by atoms with Crippen molar-refractivity contribution in [3.63, 3.8) is 0 Å². The van der Waals surface area contributed by atoms with Crippen LogP contribution in [-0.4, -0.2) is 25.0 Å². The van der Waals surface area contributed by atoms with E-state index in [1.54, 1.807) is 31.4 Å². The van der Waals surface area contributed by atoms with Crippen molar-refractivity contribution in [2.24, 2.45) is 17.8 Å². The van der Waals surface area contributed by atoms with E-state index in [2.05, 4.69) is 17.6 Å². The molecule has 1 aromatic carbocycles. The third-order valence-corrected chi connectivity index (χ3v) is 5.05. The Morgan fingerprint density at radius 3 is 2.32 bits per heavy atom. The number of carbonyl (C=O) groups excluding carboxylic acids is 2. The molecule has 2 N–H and O–H groups in total. The molecule has 1 fully saturated rings. The van der Waals surface area contributed by atoms with Crippen LogP contribution in [0, 0.1) is 17.8 Å². The molecule has 25 heavy (non-hydrogen) atoms. The molecule has 1 aliphatic rings. The molecule has 2 amide bonds. The topological polar surface area (TPSA) is 67.4 Å². The number of hydrogen-bond acceptors (Lipinski definition) is 3. The first-order valence-corrected chi connectivity index (χ1v) is 9.17. The molecule has 0 aliphatic heterocycles. The number of nitrogens with one attached hydrogen (secondary N) is 2. The van der Waals surface area contributed by atoms with Gasteiger partial charge in [0.1, 0.15) is 11.8 Å². The lowest BCUT2D eigenvalue weighted by atomic mass is 9.79. The monoisotopic (exact) mass is 346 g/mol. The van der Waals surface area contributed by atoms with Crippen LogP contribution in [0.2, 0.25) is 0 Å². The van der Waals surface area contributed by atoms with E-state index in [-0.39, 0.29) is 23.7 Å². The number of hydrogen-bond donors (Lipinski definition) is 2. The Balaban J connectivity index is 2.00. The summed E-state index contributed by atoms with van der Waals surface area (Å²) in [7, 11) is 1.60. The van der Waals surface area contributed by atoms with E-state index in [1.807, 2.05) is 13.8 Å². The summed E-state index contributed by atoms with van der Waals surface area (Å²) < 4.78 is 5.12. The van der Waals surface area contributed by atoms with Gasteiger partial charge in [0.2, 0.25) is 11.8 Å². The smallest absolute Gasteiger partial charge is 0.247 e. The molecule has 0 radical (unpaired) electrons. The Kier molecular flexibility index (Phi) is 6.85. The molecule has 0 saturated heterocycles. The van der Waals surface area contributed by atoms with Crippen molar-refractivity contribution in [3.05, 3.63) is 24.3 Å². The van der Waals surface area contributed by atoms with Gasteiger partial charge in [0.25, 0.3) is 0 Å². The summed E-state index contributed by atoms with van der Waals surface area (Å²) in [5, 5.41) is 5.87. The molecule has 2 rings (SSSR count). The van der Waals surface area contributed by atoms with E-state index < -0.39 is 6.04 Å². The van der Waals surface area contributed by atoms with Crippen molar-refractivity contribution >= 4 is 17.5 Å². The van der Waals surface area contributed by atoms with Crippen LogP contribution in [0.4, 0.5) is 5.69 Å². The summed E-state index contributed by atoms with van der Waals surface area (Å²) in [6.07, 6.45) is 4.28. The highest BCUT2D eigenvalue weighted by molar-refractivity contribution is 5.97. The fourth-order valence-corrected chi connectivity index (χ4v) is 3.40. The zero-order valence-electron chi connectivity index (χ0n) is 15.7. The standard InChI is InChI=1S/C20H30N2O3/c1-13(2)18(22-19(23)17-8-6-5-7-14(17)3)20(24)21-15-9-11-16(25-4)12-10-15/h9-14,17-18H,5-8H2,1-4H3,(H,21,24)(H,22,23)/t14-,17-,18+/m0/s1. The summed E-state index contributed by atoms with van der Waals surface area (Å²) in [4.78, 5) is 25.3. The van der Waals surface area contributed by atoms with E-state index in [0.29, 0.717) is 11.6 Å². The van der Waals surface area contributed by atoms with Gasteiger partial charge in [-0.15, -0.1) is 0 Å². The molecule has 0 aromatic heterocycles. The minimum absolute atomic E-state index is 0.00998. The van der Waals surface area contributed by atoms with Crippen LogP contribution in [0.3, 0.4) is 0 Å². The van der Waals surface area contributed by atoms with Gasteiger partial charge in [-0.1, -0.05) is 33.6 Å². The fraction of sp³-hybridized carbons (Fsp3) is 0.600. The van der Waals surface area contributed by atoms with Gasteiger partial charge in [-0.2, -0.15) is 0 Å². The first-order chi connectivity index (χ1) is 11.9. The Labute approximate surface area is 150 Å². The second-order valence-corrected chi connectivity index (χ2v) is 7.32. The molecule has 138 valence electrons. The zero-order valence-corrected chi connectivity index (χ0v) is 15.7. The van der Waals surface area contributed by atoms with Gasteiger partial charge in [0, 0.05) is 11.6 Å². The average molecular weight is 346 g/mol. The van der Waals surface area contributed by atoms with Crippen LogP contribution in [-0.2, 0) is 9.59 Å². The molecule has 1 saturated carbocycles. The number of methoxy groups -OCH3 is 1. The van der Waals surface area contributed by atoms with Crippen LogP contribution >= 0.6 is 0 Å². The van der Waals surface area contributed by atoms with Crippen LogP contribution < -0.4 is 15.4 Å². The quantitative estimate of drug-likeness (QED) is 0.827. The van der Waals surface area contributed by atoms with Crippen LogP contribution in [0.15, 0.2) is 24.3 Å². The summed E-state index contributed by atoms with van der Waals surface area (Å²) in [5.74, 6) is 0.974. The maximum absolute atomic E-state index is 12.7. The predicted molar refractivity (Wildman–Crippen MR) is 99.5 cm³/mol. The first kappa shape index (κ1) is 19.3. The number of ether oxygens (including phenoxy) is 1. The first-order valence-electron chi connectivity index (χ1n) is 9.17. The normalized spacial score (nSPS) is 21.5. The number of amides is 2. The number of anilines is 1. The summed E-state index contributed by atoms with van der Waals surface area (Å²) in [6.45, 7) is 6.02. The van der Waals surface area contributed by atoms with Gasteiger partial charge in [0.05, 0.1) is 7.11 Å². The lowest BCUT2D eigenvalue weighted by molar-refractivity contribution is -0.132. The van der Waals surface area contributed by atoms with Crippen molar-refractivity contribution < 1.29 is 14.3 Å². The maximum atomic E-state index is 12.7. The Morgan fingerprint density at radius 1 is 1.12 bits per heavy atom. The molecule has 1 aliphatic carbocycles. The molecule has 5 heteroatoms. The van der Waals surface area contributed by atoms with Gasteiger partial charge in [-0.05, 0) is 48.9 Å². The second kappa shape index (κ2) is 8.88. The van der Waals surface area contributed by atoms with Gasteiger partial charge in [-0.25, -0.2) is 0 Å². The lowest BCUT2D eigenvalue weighted by Crippen LogP contribution is -2.50. The molecular formula is C20H30N2O3. The fourth-order valence-electron chi connectivity index (χ4n) is 3.40. The number of carbonyl (C=O) groups is 2. The number of benzene rings is 1. The Bertz CT molecular complexity index is 583. The molecule has 5 nitrogen and oxygen atoms in total. The van der Waals surface area contributed by atoms with Crippen molar-refractivity contribution in [2.75, 3.05) is 12.4 Å². The van der Waals surface area contributed by atoms with Gasteiger partial charge in [0.15, 0.2) is 0 Å². The van der Waals surface area contributed by atoms with E-state index in [9.17, 15) is 9.59 Å². The van der Waals surface area contributed by atoms with Crippen molar-refractivity contribution in [1.82, 2.24) is 5.32 Å². The predicted octanol–water partition coefficient (Wildman–Crippen LogP) is 3.60. The van der Waals surface area contributed by atoms with Crippen LogP contribution in [0.1, 0.15) is 46.5 Å². The minimum atomic E-state index is -0.538. The van der Waals surface area contributed by atoms with Crippen LogP contribution in [0.5, 0.6) is 5.75 Å². The maximum Gasteiger partial charge on any atom is 0.247 e. The second-order valence-electron chi connectivity index (χ2n) is 7.32. The molecule has 0 heterocycles. The van der Waals surface area contributed by atoms with E-state index in [0.717, 1.165) is 25.0 Å². The molecule has 0 unspecified atom stereocenters. The molecule has 3 atom stereocenters. The van der Waals surface area contributed by atoms with Crippen LogP contribution in [0.25, 0.3) is 0 Å². The minimum Gasteiger partial charge on any atom is -0.497 e. The Hall–Kier alpha value is -2.04. The van der Waals surface area contributed by atoms with E-state index in [4.69, 9.17) is 4.74 Å². The zero-order chi connectivity index (χ0) is 18.4. The van der Waals surface area contributed by atoms with Crippen molar-refractivity contribution in [1.29, 1.82) is 0 Å². The third-order valence-electron chi connectivity index (χ3n) is 5.05. The molecule has 1 aromatic rings. The summed E-state index contributed by atoms with van der Waals surface area (Å²) >= 11 is 0. The van der Waals surface area contributed by atoms with Crippen molar-refractivity contribution in [2.45, 2.75) is 52.5 Å². The lowest BCUT2D eigenvalue weighted by Gasteiger charge is -2.30.